The highest BCUT2D eigenvalue weighted by Gasteiger charge is 2.15. The van der Waals surface area contributed by atoms with E-state index in [0.717, 1.165) is 5.56 Å². The number of imide groups is 1. The molecule has 0 aliphatic carbocycles. The SMILES string of the molecule is C=CCNC(=O)NC(=O)CSc1nnc(-c2ccc(Cl)cc2)n1CC=C. The van der Waals surface area contributed by atoms with Crippen LogP contribution in [-0.4, -0.2) is 39.0 Å². The Kier molecular flexibility index (Phi) is 7.43. The Bertz CT molecular complexity index is 804. The summed E-state index contributed by atoms with van der Waals surface area (Å²) in [4.78, 5) is 23.3. The first kappa shape index (κ1) is 19.7. The number of hydrogen-bond donors (Lipinski definition) is 2. The summed E-state index contributed by atoms with van der Waals surface area (Å²) >= 11 is 7.10. The lowest BCUT2D eigenvalue weighted by Crippen LogP contribution is -2.40. The third-order valence-corrected chi connectivity index (χ3v) is 4.34. The minimum Gasteiger partial charge on any atom is -0.334 e. The van der Waals surface area contributed by atoms with Crippen LogP contribution in [0.3, 0.4) is 0 Å². The highest BCUT2D eigenvalue weighted by atomic mass is 35.5. The third-order valence-electron chi connectivity index (χ3n) is 3.12. The van der Waals surface area contributed by atoms with E-state index in [2.05, 4.69) is 34.0 Å². The van der Waals surface area contributed by atoms with Gasteiger partial charge in [-0.2, -0.15) is 0 Å². The highest BCUT2D eigenvalue weighted by Crippen LogP contribution is 2.25. The zero-order valence-corrected chi connectivity index (χ0v) is 15.5. The minimum atomic E-state index is -0.565. The van der Waals surface area contributed by atoms with Gasteiger partial charge >= 0.3 is 6.03 Å². The lowest BCUT2D eigenvalue weighted by Gasteiger charge is -2.08. The summed E-state index contributed by atoms with van der Waals surface area (Å²) < 4.78 is 1.84. The van der Waals surface area contributed by atoms with E-state index in [1.165, 1.54) is 17.8 Å². The highest BCUT2D eigenvalue weighted by molar-refractivity contribution is 7.99. The molecule has 1 aromatic carbocycles. The molecule has 0 aliphatic heterocycles. The molecule has 2 N–H and O–H groups in total. The van der Waals surface area contributed by atoms with Gasteiger partial charge in [0, 0.05) is 23.7 Å². The molecule has 0 saturated heterocycles. The fraction of sp³-hybridized carbons (Fsp3) is 0.176. The first-order valence-corrected chi connectivity index (χ1v) is 9.03. The number of nitrogens with zero attached hydrogens (tertiary/aromatic N) is 3. The molecule has 9 heteroatoms. The molecule has 0 aliphatic rings. The molecule has 0 saturated carbocycles. The molecule has 2 aromatic rings. The first-order valence-electron chi connectivity index (χ1n) is 7.66. The standard InChI is InChI=1S/C17H18ClN5O2S/c1-3-9-19-16(25)20-14(24)11-26-17-22-21-15(23(17)10-4-2)12-5-7-13(18)8-6-12/h3-8H,1-2,9-11H2,(H2,19,20,24,25). The van der Waals surface area contributed by atoms with Crippen LogP contribution in [0, 0.1) is 0 Å². The van der Waals surface area contributed by atoms with Crippen LogP contribution < -0.4 is 10.6 Å². The van der Waals surface area contributed by atoms with E-state index in [-0.39, 0.29) is 12.3 Å². The maximum Gasteiger partial charge on any atom is 0.321 e. The van der Waals surface area contributed by atoms with E-state index >= 15 is 0 Å². The number of benzene rings is 1. The Morgan fingerprint density at radius 2 is 1.92 bits per heavy atom. The summed E-state index contributed by atoms with van der Waals surface area (Å²) in [6, 6.07) is 6.66. The van der Waals surface area contributed by atoms with Crippen molar-refractivity contribution < 1.29 is 9.59 Å². The van der Waals surface area contributed by atoms with Gasteiger partial charge in [-0.25, -0.2) is 4.79 Å². The van der Waals surface area contributed by atoms with E-state index < -0.39 is 11.9 Å². The normalized spacial score (nSPS) is 10.2. The molecular formula is C17H18ClN5O2S. The second-order valence-corrected chi connectivity index (χ2v) is 6.43. The average molecular weight is 392 g/mol. The zero-order valence-electron chi connectivity index (χ0n) is 13.9. The van der Waals surface area contributed by atoms with Gasteiger partial charge in [-0.1, -0.05) is 35.5 Å². The van der Waals surface area contributed by atoms with Gasteiger partial charge in [0.05, 0.1) is 5.75 Å². The van der Waals surface area contributed by atoms with Gasteiger partial charge in [0.2, 0.25) is 5.91 Å². The Morgan fingerprint density at radius 1 is 1.19 bits per heavy atom. The summed E-state index contributed by atoms with van der Waals surface area (Å²) in [5, 5.41) is 14.2. The smallest absolute Gasteiger partial charge is 0.321 e. The average Bonchev–Trinajstić information content (AvgIpc) is 3.02. The van der Waals surface area contributed by atoms with Crippen LogP contribution in [-0.2, 0) is 11.3 Å². The number of aromatic nitrogens is 3. The van der Waals surface area contributed by atoms with Crippen LogP contribution in [0.25, 0.3) is 11.4 Å². The number of halogens is 1. The third kappa shape index (κ3) is 5.47. The van der Waals surface area contributed by atoms with Crippen LogP contribution in [0.2, 0.25) is 5.02 Å². The first-order chi connectivity index (χ1) is 12.5. The van der Waals surface area contributed by atoms with E-state index in [9.17, 15) is 9.59 Å². The minimum absolute atomic E-state index is 0.0252. The van der Waals surface area contributed by atoms with Crippen molar-refractivity contribution in [3.8, 4) is 11.4 Å². The van der Waals surface area contributed by atoms with Crippen molar-refractivity contribution in [2.24, 2.45) is 0 Å². The number of allylic oxidation sites excluding steroid dienone is 1. The van der Waals surface area contributed by atoms with Crippen molar-refractivity contribution in [2.75, 3.05) is 12.3 Å². The fourth-order valence-corrected chi connectivity index (χ4v) is 2.88. The molecule has 0 atom stereocenters. The molecule has 2 rings (SSSR count). The lowest BCUT2D eigenvalue weighted by molar-refractivity contribution is -0.117. The predicted octanol–water partition coefficient (Wildman–Crippen LogP) is 2.89. The van der Waals surface area contributed by atoms with Crippen LogP contribution in [0.15, 0.2) is 54.7 Å². The summed E-state index contributed by atoms with van der Waals surface area (Å²) in [6.07, 6.45) is 3.24. The molecule has 0 spiro atoms. The van der Waals surface area contributed by atoms with Gasteiger partial charge in [0.15, 0.2) is 11.0 Å². The molecule has 7 nitrogen and oxygen atoms in total. The molecule has 26 heavy (non-hydrogen) atoms. The molecule has 0 unspecified atom stereocenters. The van der Waals surface area contributed by atoms with Crippen molar-refractivity contribution in [3.05, 3.63) is 54.6 Å². The monoisotopic (exact) mass is 391 g/mol. The molecule has 1 aromatic heterocycles. The van der Waals surface area contributed by atoms with E-state index in [0.29, 0.717) is 22.5 Å². The summed E-state index contributed by atoms with van der Waals surface area (Å²) in [5.74, 6) is 0.239. The van der Waals surface area contributed by atoms with Gasteiger partial charge in [0.25, 0.3) is 0 Å². The van der Waals surface area contributed by atoms with Crippen molar-refractivity contribution in [3.63, 3.8) is 0 Å². The van der Waals surface area contributed by atoms with Gasteiger partial charge in [0.1, 0.15) is 0 Å². The van der Waals surface area contributed by atoms with Crippen LogP contribution in [0.5, 0.6) is 0 Å². The molecule has 3 amide bonds. The van der Waals surface area contributed by atoms with E-state index in [4.69, 9.17) is 11.6 Å². The van der Waals surface area contributed by atoms with Crippen LogP contribution in [0.4, 0.5) is 4.79 Å². The largest absolute Gasteiger partial charge is 0.334 e. The Morgan fingerprint density at radius 3 is 2.58 bits per heavy atom. The van der Waals surface area contributed by atoms with E-state index in [1.807, 2.05) is 16.7 Å². The maximum atomic E-state index is 11.9. The van der Waals surface area contributed by atoms with Crippen molar-refractivity contribution in [1.29, 1.82) is 0 Å². The van der Waals surface area contributed by atoms with E-state index in [1.54, 1.807) is 18.2 Å². The number of rotatable bonds is 8. The molecule has 1 heterocycles. The second kappa shape index (κ2) is 9.79. The number of amides is 3. The number of carbonyl (C=O) groups excluding carboxylic acids is 2. The lowest BCUT2D eigenvalue weighted by atomic mass is 10.2. The number of thioether (sulfide) groups is 1. The van der Waals surface area contributed by atoms with Gasteiger partial charge in [-0.05, 0) is 24.3 Å². The quantitative estimate of drug-likeness (QED) is 0.533. The fourth-order valence-electron chi connectivity index (χ4n) is 2.00. The number of urea groups is 1. The Balaban J connectivity index is 2.06. The molecular weight excluding hydrogens is 374 g/mol. The summed E-state index contributed by atoms with van der Waals surface area (Å²) in [6.45, 7) is 7.99. The van der Waals surface area contributed by atoms with Gasteiger partial charge in [-0.15, -0.1) is 23.4 Å². The molecule has 0 bridgehead atoms. The zero-order chi connectivity index (χ0) is 18.9. The van der Waals surface area contributed by atoms with Crippen molar-refractivity contribution >= 4 is 35.3 Å². The van der Waals surface area contributed by atoms with Crippen molar-refractivity contribution in [1.82, 2.24) is 25.4 Å². The van der Waals surface area contributed by atoms with Crippen molar-refractivity contribution in [2.45, 2.75) is 11.7 Å². The van der Waals surface area contributed by atoms with Crippen LogP contribution >= 0.6 is 23.4 Å². The number of carbonyl (C=O) groups is 2. The Hall–Kier alpha value is -2.58. The summed E-state index contributed by atoms with van der Waals surface area (Å²) in [5.41, 5.74) is 0.851. The Labute approximate surface area is 160 Å². The van der Waals surface area contributed by atoms with Gasteiger partial charge in [-0.3, -0.25) is 14.7 Å². The number of hydrogen-bond acceptors (Lipinski definition) is 5. The summed E-state index contributed by atoms with van der Waals surface area (Å²) in [7, 11) is 0. The second-order valence-electron chi connectivity index (χ2n) is 5.05. The molecule has 0 fully saturated rings. The van der Waals surface area contributed by atoms with Gasteiger partial charge < -0.3 is 5.32 Å². The molecule has 136 valence electrons. The predicted molar refractivity (Wildman–Crippen MR) is 103 cm³/mol. The van der Waals surface area contributed by atoms with Crippen LogP contribution in [0.1, 0.15) is 0 Å². The topological polar surface area (TPSA) is 88.9 Å². The number of nitrogens with one attached hydrogen (secondary N) is 2. The molecule has 0 radical (unpaired) electrons. The maximum absolute atomic E-state index is 11.9.